The van der Waals surface area contributed by atoms with E-state index in [0.717, 1.165) is 0 Å². The highest BCUT2D eigenvalue weighted by atomic mass is 79.9. The maximum absolute atomic E-state index is 12.6. The van der Waals surface area contributed by atoms with Gasteiger partial charge in [0.15, 0.2) is 5.78 Å². The quantitative estimate of drug-likeness (QED) is 0.221. The SMILES string of the molecule is O=C(Oc1ccc(Br)cc1C(=O)C=Cc1ccccc1Cl)c1ccco1. The van der Waals surface area contributed by atoms with Crippen LogP contribution in [-0.4, -0.2) is 11.8 Å². The Balaban J connectivity index is 1.86. The fourth-order valence-electron chi connectivity index (χ4n) is 2.19. The molecule has 0 aliphatic heterocycles. The molecule has 1 heterocycles. The van der Waals surface area contributed by atoms with Gasteiger partial charge in [0, 0.05) is 9.50 Å². The van der Waals surface area contributed by atoms with Crippen LogP contribution >= 0.6 is 27.5 Å². The Morgan fingerprint density at radius 2 is 1.88 bits per heavy atom. The molecule has 0 unspecified atom stereocenters. The van der Waals surface area contributed by atoms with E-state index >= 15 is 0 Å². The van der Waals surface area contributed by atoms with Crippen LogP contribution in [-0.2, 0) is 0 Å². The number of halogens is 2. The molecule has 0 amide bonds. The Labute approximate surface area is 163 Å². The van der Waals surface area contributed by atoms with E-state index in [9.17, 15) is 9.59 Å². The second-order valence-electron chi connectivity index (χ2n) is 5.23. The molecule has 0 aliphatic carbocycles. The third-order valence-electron chi connectivity index (χ3n) is 3.45. The average Bonchev–Trinajstić information content (AvgIpc) is 3.17. The van der Waals surface area contributed by atoms with Crippen LogP contribution < -0.4 is 4.74 Å². The third-order valence-corrected chi connectivity index (χ3v) is 4.29. The molecule has 0 saturated heterocycles. The maximum Gasteiger partial charge on any atom is 0.379 e. The highest BCUT2D eigenvalue weighted by molar-refractivity contribution is 9.10. The van der Waals surface area contributed by atoms with Gasteiger partial charge in [-0.25, -0.2) is 4.79 Å². The Morgan fingerprint density at radius 1 is 1.08 bits per heavy atom. The Hall–Kier alpha value is -2.63. The molecule has 6 heteroatoms. The van der Waals surface area contributed by atoms with Crippen LogP contribution in [0, 0.1) is 0 Å². The van der Waals surface area contributed by atoms with Gasteiger partial charge in [-0.15, -0.1) is 0 Å². The van der Waals surface area contributed by atoms with Crippen molar-refractivity contribution in [2.75, 3.05) is 0 Å². The van der Waals surface area contributed by atoms with E-state index in [-0.39, 0.29) is 22.9 Å². The van der Waals surface area contributed by atoms with Crippen LogP contribution in [0.2, 0.25) is 5.02 Å². The van der Waals surface area contributed by atoms with Crippen molar-refractivity contribution in [2.24, 2.45) is 0 Å². The molecule has 0 radical (unpaired) electrons. The van der Waals surface area contributed by atoms with Gasteiger partial charge >= 0.3 is 5.97 Å². The van der Waals surface area contributed by atoms with Crippen LogP contribution in [0.5, 0.6) is 5.75 Å². The molecule has 0 N–H and O–H groups in total. The monoisotopic (exact) mass is 430 g/mol. The second kappa shape index (κ2) is 8.17. The molecule has 4 nitrogen and oxygen atoms in total. The summed E-state index contributed by atoms with van der Waals surface area (Å²) in [5.74, 6) is -0.809. The van der Waals surface area contributed by atoms with Gasteiger partial charge in [0.05, 0.1) is 11.8 Å². The molecule has 3 rings (SSSR count). The second-order valence-corrected chi connectivity index (χ2v) is 6.55. The van der Waals surface area contributed by atoms with Crippen LogP contribution in [0.3, 0.4) is 0 Å². The number of carbonyl (C=O) groups excluding carboxylic acids is 2. The number of rotatable bonds is 5. The van der Waals surface area contributed by atoms with Crippen molar-refractivity contribution in [3.05, 3.63) is 93.3 Å². The first-order valence-corrected chi connectivity index (χ1v) is 8.74. The summed E-state index contributed by atoms with van der Waals surface area (Å²) in [6.07, 6.45) is 4.37. The Morgan fingerprint density at radius 3 is 2.62 bits per heavy atom. The van der Waals surface area contributed by atoms with Crippen molar-refractivity contribution in [1.29, 1.82) is 0 Å². The smallest absolute Gasteiger partial charge is 0.379 e. The molecule has 2 aromatic carbocycles. The lowest BCUT2D eigenvalue weighted by atomic mass is 10.1. The van der Waals surface area contributed by atoms with Gasteiger partial charge in [0.25, 0.3) is 0 Å². The highest BCUT2D eigenvalue weighted by Crippen LogP contribution is 2.26. The largest absolute Gasteiger partial charge is 0.457 e. The van der Waals surface area contributed by atoms with E-state index < -0.39 is 5.97 Å². The lowest BCUT2D eigenvalue weighted by molar-refractivity contribution is 0.0699. The number of allylic oxidation sites excluding steroid dienone is 1. The van der Waals surface area contributed by atoms with Crippen molar-refractivity contribution >= 4 is 45.4 Å². The molecule has 0 fully saturated rings. The van der Waals surface area contributed by atoms with Crippen molar-refractivity contribution in [3.8, 4) is 5.75 Å². The Bertz CT molecular complexity index is 977. The number of ether oxygens (including phenoxy) is 1. The van der Waals surface area contributed by atoms with Gasteiger partial charge in [0.2, 0.25) is 5.76 Å². The number of carbonyl (C=O) groups is 2. The zero-order valence-corrected chi connectivity index (χ0v) is 15.7. The molecular formula is C20H12BrClO4. The first kappa shape index (κ1) is 18.2. The number of benzene rings is 2. The summed E-state index contributed by atoms with van der Waals surface area (Å²) in [5.41, 5.74) is 0.953. The molecule has 26 heavy (non-hydrogen) atoms. The van der Waals surface area contributed by atoms with Crippen molar-refractivity contribution in [2.45, 2.75) is 0 Å². The van der Waals surface area contributed by atoms with Crippen molar-refractivity contribution < 1.29 is 18.7 Å². The minimum Gasteiger partial charge on any atom is -0.457 e. The number of esters is 1. The topological polar surface area (TPSA) is 56.5 Å². The minimum absolute atomic E-state index is 0.0536. The zero-order chi connectivity index (χ0) is 18.5. The number of furan rings is 1. The van der Waals surface area contributed by atoms with Crippen LogP contribution in [0.25, 0.3) is 6.08 Å². The molecule has 1 aromatic heterocycles. The average molecular weight is 432 g/mol. The summed E-state index contributed by atoms with van der Waals surface area (Å²) < 4.78 is 11.0. The lowest BCUT2D eigenvalue weighted by Gasteiger charge is -2.08. The first-order valence-electron chi connectivity index (χ1n) is 7.57. The van der Waals surface area contributed by atoms with Crippen molar-refractivity contribution in [1.82, 2.24) is 0 Å². The molecule has 0 bridgehead atoms. The van der Waals surface area contributed by atoms with E-state index in [2.05, 4.69) is 15.9 Å². The predicted molar refractivity (Wildman–Crippen MR) is 103 cm³/mol. The van der Waals surface area contributed by atoms with Gasteiger partial charge in [-0.1, -0.05) is 45.7 Å². The van der Waals surface area contributed by atoms with Gasteiger partial charge < -0.3 is 9.15 Å². The lowest BCUT2D eigenvalue weighted by Crippen LogP contribution is -2.10. The van der Waals surface area contributed by atoms with Crippen LogP contribution in [0.15, 0.2) is 75.8 Å². The van der Waals surface area contributed by atoms with E-state index in [1.807, 2.05) is 12.1 Å². The van der Waals surface area contributed by atoms with Crippen LogP contribution in [0.1, 0.15) is 26.5 Å². The fourth-order valence-corrected chi connectivity index (χ4v) is 2.75. The van der Waals surface area contributed by atoms with E-state index in [0.29, 0.717) is 15.1 Å². The highest BCUT2D eigenvalue weighted by Gasteiger charge is 2.17. The zero-order valence-electron chi connectivity index (χ0n) is 13.3. The molecule has 130 valence electrons. The summed E-state index contributed by atoms with van der Waals surface area (Å²) in [5, 5.41) is 0.537. The minimum atomic E-state index is -0.679. The van der Waals surface area contributed by atoms with Crippen LogP contribution in [0.4, 0.5) is 0 Å². The van der Waals surface area contributed by atoms with Crippen molar-refractivity contribution in [3.63, 3.8) is 0 Å². The van der Waals surface area contributed by atoms with E-state index in [4.69, 9.17) is 20.8 Å². The predicted octanol–water partition coefficient (Wildman–Crippen LogP) is 5.81. The van der Waals surface area contributed by atoms with E-state index in [1.54, 1.807) is 42.5 Å². The Kier molecular flexibility index (Phi) is 5.71. The standard InChI is InChI=1S/C20H12BrClO4/c21-14-8-10-18(26-20(24)19-6-3-11-25-19)15(12-14)17(23)9-7-13-4-1-2-5-16(13)22/h1-12H. The van der Waals surface area contributed by atoms with E-state index in [1.165, 1.54) is 18.4 Å². The number of hydrogen-bond acceptors (Lipinski definition) is 4. The number of ketones is 1. The summed E-state index contributed by atoms with van der Waals surface area (Å²) >= 11 is 9.41. The fraction of sp³-hybridized carbons (Fsp3) is 0. The molecule has 0 aliphatic rings. The molecule has 0 spiro atoms. The summed E-state index contributed by atoms with van der Waals surface area (Å²) in [6.45, 7) is 0. The molecule has 0 saturated carbocycles. The summed E-state index contributed by atoms with van der Waals surface area (Å²) in [7, 11) is 0. The van der Waals surface area contributed by atoms with Gasteiger partial charge in [-0.3, -0.25) is 4.79 Å². The molecular weight excluding hydrogens is 420 g/mol. The normalized spacial score (nSPS) is 10.8. The van der Waals surface area contributed by atoms with Gasteiger partial charge in [-0.05, 0) is 54.1 Å². The van der Waals surface area contributed by atoms with Gasteiger partial charge in [0.1, 0.15) is 5.75 Å². The molecule has 3 aromatic rings. The van der Waals surface area contributed by atoms with Gasteiger partial charge in [-0.2, -0.15) is 0 Å². The summed E-state index contributed by atoms with van der Waals surface area (Å²) in [6, 6.07) is 15.0. The molecule has 0 atom stereocenters. The maximum atomic E-state index is 12.6. The number of hydrogen-bond donors (Lipinski definition) is 0. The first-order chi connectivity index (χ1) is 12.5. The third kappa shape index (κ3) is 4.31. The summed E-state index contributed by atoms with van der Waals surface area (Å²) in [4.78, 5) is 24.7.